The highest BCUT2D eigenvalue weighted by Gasteiger charge is 2.30. The summed E-state index contributed by atoms with van der Waals surface area (Å²) in [5, 5.41) is 3.26. The van der Waals surface area contributed by atoms with Crippen molar-refractivity contribution in [2.45, 2.75) is 31.2 Å². The molecule has 144 valence electrons. The molecule has 7 nitrogen and oxygen atoms in total. The average Bonchev–Trinajstić information content (AvgIpc) is 2.68. The van der Waals surface area contributed by atoms with E-state index in [0.717, 1.165) is 18.7 Å². The lowest BCUT2D eigenvalue weighted by Crippen LogP contribution is -2.52. The number of aryl methyl sites for hydroxylation is 1. The molecule has 2 fully saturated rings. The second kappa shape index (κ2) is 8.04. The molecule has 1 aromatic carbocycles. The largest absolute Gasteiger partial charge is 0.379 e. The molecule has 26 heavy (non-hydrogen) atoms. The predicted molar refractivity (Wildman–Crippen MR) is 98.8 cm³/mol. The van der Waals surface area contributed by atoms with Crippen molar-refractivity contribution in [3.8, 4) is 0 Å². The molecule has 2 aliphatic heterocycles. The van der Waals surface area contributed by atoms with Crippen LogP contribution in [0.2, 0.25) is 0 Å². The monoisotopic (exact) mass is 381 g/mol. The standard InChI is InChI=1S/C18H27N3O4S/c1-3-15-4-5-16(18(22)21-7-6-19-13-14(21)2)12-17(15)26(23,24)20-8-10-25-11-9-20/h4-5,12,14,19H,3,6-11,13H2,1-2H3/t14-/m1/s1. The molecule has 0 saturated carbocycles. The summed E-state index contributed by atoms with van der Waals surface area (Å²) in [5.41, 5.74) is 1.17. The number of amides is 1. The second-order valence-electron chi connectivity index (χ2n) is 6.74. The van der Waals surface area contributed by atoms with Crippen molar-refractivity contribution in [3.63, 3.8) is 0 Å². The number of nitrogens with zero attached hydrogens (tertiary/aromatic N) is 2. The van der Waals surface area contributed by atoms with E-state index in [1.165, 1.54) is 4.31 Å². The van der Waals surface area contributed by atoms with Crippen LogP contribution < -0.4 is 5.32 Å². The molecule has 1 atom stereocenters. The summed E-state index contributed by atoms with van der Waals surface area (Å²) < 4.78 is 33.0. The van der Waals surface area contributed by atoms with Crippen LogP contribution in [0.5, 0.6) is 0 Å². The molecule has 0 radical (unpaired) electrons. The van der Waals surface area contributed by atoms with Crippen molar-refractivity contribution in [2.24, 2.45) is 0 Å². The molecular weight excluding hydrogens is 354 g/mol. The third-order valence-corrected chi connectivity index (χ3v) is 7.03. The van der Waals surface area contributed by atoms with Gasteiger partial charge in [0, 0.05) is 44.3 Å². The maximum absolute atomic E-state index is 13.1. The number of carbonyl (C=O) groups is 1. The van der Waals surface area contributed by atoms with Crippen molar-refractivity contribution >= 4 is 15.9 Å². The van der Waals surface area contributed by atoms with Crippen molar-refractivity contribution in [2.75, 3.05) is 45.9 Å². The summed E-state index contributed by atoms with van der Waals surface area (Å²) in [7, 11) is -3.63. The number of morpholine rings is 1. The minimum atomic E-state index is -3.63. The maximum Gasteiger partial charge on any atom is 0.254 e. The number of hydrogen-bond acceptors (Lipinski definition) is 5. The van der Waals surface area contributed by atoms with Gasteiger partial charge in [-0.1, -0.05) is 13.0 Å². The molecule has 0 spiro atoms. The van der Waals surface area contributed by atoms with Crippen LogP contribution in [0.15, 0.2) is 23.1 Å². The van der Waals surface area contributed by atoms with Crippen molar-refractivity contribution < 1.29 is 17.9 Å². The molecular formula is C18H27N3O4S. The number of sulfonamides is 1. The van der Waals surface area contributed by atoms with Gasteiger partial charge in [-0.3, -0.25) is 4.79 Å². The normalized spacial score (nSPS) is 22.4. The van der Waals surface area contributed by atoms with Gasteiger partial charge in [0.15, 0.2) is 0 Å². The maximum atomic E-state index is 13.1. The van der Waals surface area contributed by atoms with Gasteiger partial charge in [-0.05, 0) is 31.0 Å². The number of benzene rings is 1. The molecule has 2 aliphatic rings. The van der Waals surface area contributed by atoms with Gasteiger partial charge in [0.1, 0.15) is 0 Å². The van der Waals surface area contributed by atoms with Crippen molar-refractivity contribution in [3.05, 3.63) is 29.3 Å². The molecule has 1 aromatic rings. The SMILES string of the molecule is CCc1ccc(C(=O)N2CCNC[C@H]2C)cc1S(=O)(=O)N1CCOCC1. The van der Waals surface area contributed by atoms with Crippen molar-refractivity contribution in [1.82, 2.24) is 14.5 Å². The molecule has 0 aromatic heterocycles. The van der Waals surface area contributed by atoms with Gasteiger partial charge in [0.25, 0.3) is 5.91 Å². The summed E-state index contributed by atoms with van der Waals surface area (Å²) >= 11 is 0. The van der Waals surface area contributed by atoms with E-state index in [1.807, 2.05) is 18.7 Å². The van der Waals surface area contributed by atoms with Gasteiger partial charge in [-0.25, -0.2) is 8.42 Å². The number of rotatable bonds is 4. The average molecular weight is 381 g/mol. The zero-order valence-electron chi connectivity index (χ0n) is 15.4. The predicted octanol–water partition coefficient (Wildman–Crippen LogP) is 0.704. The Bertz CT molecular complexity index is 760. The van der Waals surface area contributed by atoms with Gasteiger partial charge in [0.2, 0.25) is 10.0 Å². The summed E-state index contributed by atoms with van der Waals surface area (Å²) in [4.78, 5) is 15.0. The Hall–Kier alpha value is -1.48. The van der Waals surface area contributed by atoms with Gasteiger partial charge in [0.05, 0.1) is 18.1 Å². The number of carbonyl (C=O) groups excluding carboxylic acids is 1. The van der Waals surface area contributed by atoms with E-state index in [-0.39, 0.29) is 16.8 Å². The van der Waals surface area contributed by atoms with Crippen molar-refractivity contribution in [1.29, 1.82) is 0 Å². The number of hydrogen-bond donors (Lipinski definition) is 1. The lowest BCUT2D eigenvalue weighted by atomic mass is 10.1. The van der Waals surface area contributed by atoms with Crippen LogP contribution in [-0.4, -0.2) is 75.5 Å². The fraction of sp³-hybridized carbons (Fsp3) is 0.611. The minimum absolute atomic E-state index is 0.0846. The Balaban J connectivity index is 1.95. The Morgan fingerprint density at radius 1 is 1.27 bits per heavy atom. The Morgan fingerprint density at radius 2 is 2.00 bits per heavy atom. The third-order valence-electron chi connectivity index (χ3n) is 5.05. The molecule has 2 saturated heterocycles. The van der Waals surface area contributed by atoms with Crippen LogP contribution in [0.1, 0.15) is 29.8 Å². The summed E-state index contributed by atoms with van der Waals surface area (Å²) in [6.45, 7) is 7.54. The lowest BCUT2D eigenvalue weighted by molar-refractivity contribution is 0.0655. The molecule has 1 N–H and O–H groups in total. The van der Waals surface area contributed by atoms with Crippen LogP contribution in [0.4, 0.5) is 0 Å². The number of ether oxygens (including phenoxy) is 1. The molecule has 0 unspecified atom stereocenters. The highest BCUT2D eigenvalue weighted by Crippen LogP contribution is 2.24. The smallest absolute Gasteiger partial charge is 0.254 e. The number of piperazine rings is 1. The second-order valence-corrected chi connectivity index (χ2v) is 8.65. The van der Waals surface area contributed by atoms with Gasteiger partial charge < -0.3 is 15.0 Å². The van der Waals surface area contributed by atoms with Crippen LogP contribution in [0.25, 0.3) is 0 Å². The first-order valence-corrected chi connectivity index (χ1v) is 10.6. The minimum Gasteiger partial charge on any atom is -0.379 e. The van der Waals surface area contributed by atoms with Crippen LogP contribution >= 0.6 is 0 Å². The molecule has 0 aliphatic carbocycles. The van der Waals surface area contributed by atoms with E-state index in [2.05, 4.69) is 5.32 Å². The molecule has 8 heteroatoms. The fourth-order valence-electron chi connectivity index (χ4n) is 3.45. The first-order valence-electron chi connectivity index (χ1n) is 9.17. The fourth-order valence-corrected chi connectivity index (χ4v) is 5.18. The van der Waals surface area contributed by atoms with Gasteiger partial charge in [-0.15, -0.1) is 0 Å². The quantitative estimate of drug-likeness (QED) is 0.831. The first-order chi connectivity index (χ1) is 12.4. The summed E-state index contributed by atoms with van der Waals surface area (Å²) in [6, 6.07) is 5.16. The molecule has 0 bridgehead atoms. The van der Waals surface area contributed by atoms with Gasteiger partial charge >= 0.3 is 0 Å². The zero-order chi connectivity index (χ0) is 18.7. The van der Waals surface area contributed by atoms with E-state index in [9.17, 15) is 13.2 Å². The Labute approximate surface area is 155 Å². The Kier molecular flexibility index (Phi) is 5.96. The van der Waals surface area contributed by atoms with E-state index in [4.69, 9.17) is 4.74 Å². The highest BCUT2D eigenvalue weighted by atomic mass is 32.2. The lowest BCUT2D eigenvalue weighted by Gasteiger charge is -2.34. The molecule has 1 amide bonds. The third kappa shape index (κ3) is 3.78. The molecule has 3 rings (SSSR count). The topological polar surface area (TPSA) is 79.0 Å². The molecule has 2 heterocycles. The number of nitrogens with one attached hydrogen (secondary N) is 1. The van der Waals surface area contributed by atoms with E-state index >= 15 is 0 Å². The first kappa shape index (κ1) is 19.3. The van der Waals surface area contributed by atoms with Crippen LogP contribution in [0, 0.1) is 0 Å². The summed E-state index contributed by atoms with van der Waals surface area (Å²) in [5.74, 6) is -0.111. The van der Waals surface area contributed by atoms with Crippen LogP contribution in [0.3, 0.4) is 0 Å². The van der Waals surface area contributed by atoms with Crippen LogP contribution in [-0.2, 0) is 21.2 Å². The Morgan fingerprint density at radius 3 is 2.65 bits per heavy atom. The van der Waals surface area contributed by atoms with E-state index in [0.29, 0.717) is 44.8 Å². The van der Waals surface area contributed by atoms with E-state index < -0.39 is 10.0 Å². The summed E-state index contributed by atoms with van der Waals surface area (Å²) in [6.07, 6.45) is 0.595. The zero-order valence-corrected chi connectivity index (χ0v) is 16.2. The van der Waals surface area contributed by atoms with E-state index in [1.54, 1.807) is 18.2 Å². The van der Waals surface area contributed by atoms with Gasteiger partial charge in [-0.2, -0.15) is 4.31 Å². The highest BCUT2D eigenvalue weighted by molar-refractivity contribution is 7.89.